The van der Waals surface area contributed by atoms with E-state index in [0.29, 0.717) is 0 Å². The summed E-state index contributed by atoms with van der Waals surface area (Å²) in [4.78, 5) is 14.4. The van der Waals surface area contributed by atoms with Crippen LogP contribution in [0.3, 0.4) is 0 Å². The number of carbonyl (C=O) groups is 1. The van der Waals surface area contributed by atoms with Gasteiger partial charge in [0.2, 0.25) is 5.91 Å². The van der Waals surface area contributed by atoms with Crippen LogP contribution in [0.1, 0.15) is 45.4 Å². The Hall–Kier alpha value is -0.610. The highest BCUT2D eigenvalue weighted by atomic mass is 16.2. The molecule has 3 N–H and O–H groups in total. The van der Waals surface area contributed by atoms with Crippen LogP contribution in [0.25, 0.3) is 0 Å². The lowest BCUT2D eigenvalue weighted by Crippen LogP contribution is -2.60. The molecule has 1 atom stereocenters. The Kier molecular flexibility index (Phi) is 4.05. The average Bonchev–Trinajstić information content (AvgIpc) is 2.27. The quantitative estimate of drug-likeness (QED) is 0.765. The minimum Gasteiger partial charge on any atom is -0.351 e. The number of carbonyl (C=O) groups excluding carboxylic acids is 1. The molecule has 0 aromatic carbocycles. The fourth-order valence-corrected chi connectivity index (χ4v) is 2.73. The van der Waals surface area contributed by atoms with Gasteiger partial charge in [-0.2, -0.15) is 0 Å². The van der Waals surface area contributed by atoms with E-state index >= 15 is 0 Å². The standard InChI is InChI=1S/C13H25N3O/c1-11(10-16-8-3-2-4-9-16)15-12(17)13(14)6-5-7-13/h11H,2-10,14H2,1H3,(H,15,17). The smallest absolute Gasteiger partial charge is 0.240 e. The highest BCUT2D eigenvalue weighted by Crippen LogP contribution is 2.29. The van der Waals surface area contributed by atoms with Gasteiger partial charge in [-0.1, -0.05) is 6.42 Å². The predicted molar refractivity (Wildman–Crippen MR) is 68.7 cm³/mol. The van der Waals surface area contributed by atoms with Crippen molar-refractivity contribution in [2.24, 2.45) is 5.73 Å². The van der Waals surface area contributed by atoms with E-state index in [-0.39, 0.29) is 11.9 Å². The molecule has 2 fully saturated rings. The van der Waals surface area contributed by atoms with Crippen molar-refractivity contribution in [1.29, 1.82) is 0 Å². The highest BCUT2D eigenvalue weighted by Gasteiger charge is 2.40. The SMILES string of the molecule is CC(CN1CCCCC1)NC(=O)C1(N)CCC1. The summed E-state index contributed by atoms with van der Waals surface area (Å²) in [6.07, 6.45) is 6.71. The molecule has 0 radical (unpaired) electrons. The van der Waals surface area contributed by atoms with Crippen molar-refractivity contribution in [3.63, 3.8) is 0 Å². The van der Waals surface area contributed by atoms with Crippen LogP contribution in [-0.2, 0) is 4.79 Å². The second-order valence-corrected chi connectivity index (χ2v) is 5.75. The zero-order valence-corrected chi connectivity index (χ0v) is 10.9. The van der Waals surface area contributed by atoms with Crippen molar-refractivity contribution in [2.75, 3.05) is 19.6 Å². The Balaban J connectivity index is 1.72. The maximum absolute atomic E-state index is 11.9. The molecule has 1 aliphatic carbocycles. The minimum atomic E-state index is -0.559. The molecule has 1 aliphatic heterocycles. The van der Waals surface area contributed by atoms with Crippen molar-refractivity contribution in [3.05, 3.63) is 0 Å². The lowest BCUT2D eigenvalue weighted by molar-refractivity contribution is -0.130. The van der Waals surface area contributed by atoms with Gasteiger partial charge in [0, 0.05) is 12.6 Å². The summed E-state index contributed by atoms with van der Waals surface area (Å²) in [6.45, 7) is 5.39. The normalized spacial score (nSPS) is 26.0. The van der Waals surface area contributed by atoms with Gasteiger partial charge in [0.1, 0.15) is 0 Å². The van der Waals surface area contributed by atoms with Crippen LogP contribution in [0.4, 0.5) is 0 Å². The van der Waals surface area contributed by atoms with Crippen LogP contribution in [0.2, 0.25) is 0 Å². The molecule has 98 valence electrons. The first-order valence-corrected chi connectivity index (χ1v) is 6.92. The van der Waals surface area contributed by atoms with Gasteiger partial charge in [-0.05, 0) is 52.1 Å². The van der Waals surface area contributed by atoms with E-state index < -0.39 is 5.54 Å². The van der Waals surface area contributed by atoms with Gasteiger partial charge in [0.25, 0.3) is 0 Å². The second kappa shape index (κ2) is 5.36. The predicted octanol–water partition coefficient (Wildman–Crippen LogP) is 0.858. The van der Waals surface area contributed by atoms with Crippen LogP contribution in [-0.4, -0.2) is 42.0 Å². The van der Waals surface area contributed by atoms with E-state index in [1.807, 2.05) is 0 Å². The third-order valence-electron chi connectivity index (χ3n) is 4.06. The number of hydrogen-bond acceptors (Lipinski definition) is 3. The number of nitrogens with two attached hydrogens (primary N) is 1. The molecule has 2 aliphatic rings. The summed E-state index contributed by atoms with van der Waals surface area (Å²) in [5.74, 6) is 0.0493. The Morgan fingerprint density at radius 2 is 1.94 bits per heavy atom. The van der Waals surface area contributed by atoms with Gasteiger partial charge in [-0.25, -0.2) is 0 Å². The first kappa shape index (κ1) is 12.8. The molecule has 1 saturated heterocycles. The molecular weight excluding hydrogens is 214 g/mol. The second-order valence-electron chi connectivity index (χ2n) is 5.75. The molecule has 0 aromatic rings. The largest absolute Gasteiger partial charge is 0.351 e. The maximum atomic E-state index is 11.9. The van der Waals surface area contributed by atoms with Crippen LogP contribution < -0.4 is 11.1 Å². The zero-order valence-electron chi connectivity index (χ0n) is 10.9. The summed E-state index contributed by atoms with van der Waals surface area (Å²) >= 11 is 0. The molecule has 0 spiro atoms. The molecule has 2 rings (SSSR count). The topological polar surface area (TPSA) is 58.4 Å². The van der Waals surface area contributed by atoms with Crippen molar-refractivity contribution < 1.29 is 4.79 Å². The third kappa shape index (κ3) is 3.19. The fourth-order valence-electron chi connectivity index (χ4n) is 2.73. The average molecular weight is 239 g/mol. The van der Waals surface area contributed by atoms with Crippen molar-refractivity contribution in [1.82, 2.24) is 10.2 Å². The summed E-state index contributed by atoms with van der Waals surface area (Å²) in [5, 5.41) is 3.06. The molecule has 0 aromatic heterocycles. The van der Waals surface area contributed by atoms with Crippen LogP contribution >= 0.6 is 0 Å². The number of amides is 1. The molecule has 17 heavy (non-hydrogen) atoms. The monoisotopic (exact) mass is 239 g/mol. The molecule has 1 amide bonds. The molecule has 1 saturated carbocycles. The fraction of sp³-hybridized carbons (Fsp3) is 0.923. The van der Waals surface area contributed by atoms with Crippen LogP contribution in [0, 0.1) is 0 Å². The Labute approximate surface area is 104 Å². The van der Waals surface area contributed by atoms with Gasteiger partial charge in [-0.15, -0.1) is 0 Å². The van der Waals surface area contributed by atoms with E-state index in [1.165, 1.54) is 32.4 Å². The first-order chi connectivity index (χ1) is 8.10. The number of likely N-dealkylation sites (tertiary alicyclic amines) is 1. The number of piperidine rings is 1. The van der Waals surface area contributed by atoms with E-state index in [0.717, 1.165) is 25.8 Å². The third-order valence-corrected chi connectivity index (χ3v) is 4.06. The van der Waals surface area contributed by atoms with Gasteiger partial charge < -0.3 is 16.0 Å². The highest BCUT2D eigenvalue weighted by molar-refractivity contribution is 5.87. The summed E-state index contributed by atoms with van der Waals surface area (Å²) in [7, 11) is 0. The van der Waals surface area contributed by atoms with Gasteiger partial charge >= 0.3 is 0 Å². The van der Waals surface area contributed by atoms with E-state index in [1.54, 1.807) is 0 Å². The number of hydrogen-bond donors (Lipinski definition) is 2. The van der Waals surface area contributed by atoms with E-state index in [4.69, 9.17) is 5.73 Å². The van der Waals surface area contributed by atoms with E-state index in [2.05, 4.69) is 17.1 Å². The molecule has 0 bridgehead atoms. The minimum absolute atomic E-state index is 0.0493. The van der Waals surface area contributed by atoms with Crippen molar-refractivity contribution in [2.45, 2.75) is 57.0 Å². The zero-order chi connectivity index (χ0) is 12.3. The van der Waals surface area contributed by atoms with Gasteiger partial charge in [0.05, 0.1) is 5.54 Å². The van der Waals surface area contributed by atoms with Crippen LogP contribution in [0.5, 0.6) is 0 Å². The Bertz CT molecular complexity index is 270. The Morgan fingerprint density at radius 3 is 2.47 bits per heavy atom. The lowest BCUT2D eigenvalue weighted by Gasteiger charge is -2.38. The number of nitrogens with one attached hydrogen (secondary N) is 1. The van der Waals surface area contributed by atoms with Crippen molar-refractivity contribution >= 4 is 5.91 Å². The van der Waals surface area contributed by atoms with Crippen LogP contribution in [0.15, 0.2) is 0 Å². The van der Waals surface area contributed by atoms with Gasteiger partial charge in [-0.3, -0.25) is 4.79 Å². The molecule has 1 heterocycles. The summed E-state index contributed by atoms with van der Waals surface area (Å²) in [5.41, 5.74) is 5.44. The van der Waals surface area contributed by atoms with E-state index in [9.17, 15) is 4.79 Å². The molecular formula is C13H25N3O. The first-order valence-electron chi connectivity index (χ1n) is 6.92. The maximum Gasteiger partial charge on any atom is 0.240 e. The van der Waals surface area contributed by atoms with Crippen molar-refractivity contribution in [3.8, 4) is 0 Å². The van der Waals surface area contributed by atoms with Gasteiger partial charge in [0.15, 0.2) is 0 Å². The summed E-state index contributed by atoms with van der Waals surface area (Å²) < 4.78 is 0. The number of nitrogens with zero attached hydrogens (tertiary/aromatic N) is 1. The summed E-state index contributed by atoms with van der Waals surface area (Å²) in [6, 6.07) is 0.210. The lowest BCUT2D eigenvalue weighted by atomic mass is 9.77. The molecule has 1 unspecified atom stereocenters. The molecule has 4 heteroatoms. The molecule has 4 nitrogen and oxygen atoms in total. The Morgan fingerprint density at radius 1 is 1.29 bits per heavy atom. The number of rotatable bonds is 4.